The van der Waals surface area contributed by atoms with Crippen LogP contribution in [0.5, 0.6) is 0 Å². The van der Waals surface area contributed by atoms with E-state index >= 15 is 0 Å². The van der Waals surface area contributed by atoms with Crippen LogP contribution in [0.2, 0.25) is 0 Å². The predicted molar refractivity (Wildman–Crippen MR) is 113 cm³/mol. The summed E-state index contributed by atoms with van der Waals surface area (Å²) in [6.45, 7) is 0.968. The normalized spacial score (nSPS) is 10.1. The first-order chi connectivity index (χ1) is 15.2. The topological polar surface area (TPSA) is 154 Å². The fourth-order valence-electron chi connectivity index (χ4n) is 2.55. The van der Waals surface area contributed by atoms with E-state index in [0.29, 0.717) is 16.8 Å². The SMILES string of the molecule is COC(=O)c1ccc(NC(=O)CCC(=O)OCC(=O)Nc2ccc(C)c([N+](=O)[O-])c2)cc1. The summed E-state index contributed by atoms with van der Waals surface area (Å²) in [6, 6.07) is 10.2. The molecule has 2 N–H and O–H groups in total. The molecule has 0 saturated heterocycles. The average molecular weight is 443 g/mol. The second-order valence-electron chi connectivity index (χ2n) is 6.58. The molecular weight excluding hydrogens is 422 g/mol. The first-order valence-corrected chi connectivity index (χ1v) is 9.38. The number of rotatable bonds is 9. The van der Waals surface area contributed by atoms with Crippen molar-refractivity contribution in [2.75, 3.05) is 24.4 Å². The fraction of sp³-hybridized carbons (Fsp3) is 0.238. The number of amides is 2. The third kappa shape index (κ3) is 7.20. The minimum atomic E-state index is -0.758. The molecule has 32 heavy (non-hydrogen) atoms. The number of anilines is 2. The molecule has 0 unspecified atom stereocenters. The number of carbonyl (C=O) groups is 4. The number of carbonyl (C=O) groups excluding carboxylic acids is 4. The van der Waals surface area contributed by atoms with Crippen LogP contribution in [0.3, 0.4) is 0 Å². The van der Waals surface area contributed by atoms with E-state index in [9.17, 15) is 29.3 Å². The number of hydrogen-bond acceptors (Lipinski definition) is 8. The number of ether oxygens (including phenoxy) is 2. The molecular formula is C21H21N3O8. The van der Waals surface area contributed by atoms with Crippen molar-refractivity contribution < 1.29 is 33.6 Å². The number of nitro groups is 1. The lowest BCUT2D eigenvalue weighted by molar-refractivity contribution is -0.385. The van der Waals surface area contributed by atoms with E-state index in [4.69, 9.17) is 4.74 Å². The third-order valence-corrected chi connectivity index (χ3v) is 4.20. The van der Waals surface area contributed by atoms with Gasteiger partial charge >= 0.3 is 11.9 Å². The molecule has 11 nitrogen and oxygen atoms in total. The zero-order valence-electron chi connectivity index (χ0n) is 17.4. The smallest absolute Gasteiger partial charge is 0.337 e. The Labute approximate surface area is 182 Å². The molecule has 11 heteroatoms. The summed E-state index contributed by atoms with van der Waals surface area (Å²) in [5.74, 6) is -2.39. The molecule has 0 bridgehead atoms. The predicted octanol–water partition coefficient (Wildman–Crippen LogP) is 2.59. The molecule has 0 aromatic heterocycles. The Balaban J connectivity index is 1.74. The molecule has 0 heterocycles. The van der Waals surface area contributed by atoms with Crippen LogP contribution < -0.4 is 10.6 Å². The summed E-state index contributed by atoms with van der Waals surface area (Å²) in [6.07, 6.45) is -0.432. The van der Waals surface area contributed by atoms with Crippen LogP contribution in [0.25, 0.3) is 0 Å². The van der Waals surface area contributed by atoms with Crippen molar-refractivity contribution in [1.82, 2.24) is 0 Å². The van der Waals surface area contributed by atoms with E-state index in [1.54, 1.807) is 6.92 Å². The number of nitrogens with one attached hydrogen (secondary N) is 2. The van der Waals surface area contributed by atoms with Crippen molar-refractivity contribution in [3.8, 4) is 0 Å². The molecule has 2 rings (SSSR count). The van der Waals surface area contributed by atoms with Gasteiger partial charge < -0.3 is 20.1 Å². The van der Waals surface area contributed by atoms with Crippen LogP contribution in [0.15, 0.2) is 42.5 Å². The van der Waals surface area contributed by atoms with Crippen molar-refractivity contribution >= 4 is 40.8 Å². The van der Waals surface area contributed by atoms with E-state index in [0.717, 1.165) is 0 Å². The zero-order valence-corrected chi connectivity index (χ0v) is 17.4. The molecule has 0 radical (unpaired) electrons. The lowest BCUT2D eigenvalue weighted by atomic mass is 10.2. The van der Waals surface area contributed by atoms with Crippen molar-refractivity contribution in [2.45, 2.75) is 19.8 Å². The molecule has 0 fully saturated rings. The summed E-state index contributed by atoms with van der Waals surface area (Å²) in [4.78, 5) is 57.4. The van der Waals surface area contributed by atoms with Gasteiger partial charge in [0.25, 0.3) is 11.6 Å². The quantitative estimate of drug-likeness (QED) is 0.340. The fourth-order valence-corrected chi connectivity index (χ4v) is 2.55. The molecule has 2 aromatic rings. The van der Waals surface area contributed by atoms with Crippen LogP contribution in [-0.4, -0.2) is 42.4 Å². The lowest BCUT2D eigenvalue weighted by Crippen LogP contribution is -2.21. The molecule has 0 atom stereocenters. The highest BCUT2D eigenvalue weighted by Crippen LogP contribution is 2.22. The van der Waals surface area contributed by atoms with Crippen LogP contribution in [0, 0.1) is 17.0 Å². The Hall–Kier alpha value is -4.28. The standard InChI is InChI=1S/C21H21N3O8/c1-13-3-6-16(11-17(13)24(29)30)23-19(26)12-32-20(27)10-9-18(25)22-15-7-4-14(5-8-15)21(28)31-2/h3-8,11H,9-10,12H2,1-2H3,(H,22,25)(H,23,26). The van der Waals surface area contributed by atoms with Gasteiger partial charge in [-0.25, -0.2) is 4.79 Å². The Bertz CT molecular complexity index is 1030. The van der Waals surface area contributed by atoms with Crippen molar-refractivity contribution in [3.05, 3.63) is 63.7 Å². The lowest BCUT2D eigenvalue weighted by Gasteiger charge is -2.08. The molecule has 2 amide bonds. The van der Waals surface area contributed by atoms with E-state index in [-0.39, 0.29) is 24.2 Å². The van der Waals surface area contributed by atoms with Crippen molar-refractivity contribution in [1.29, 1.82) is 0 Å². The van der Waals surface area contributed by atoms with Crippen molar-refractivity contribution in [2.24, 2.45) is 0 Å². The minimum absolute atomic E-state index is 0.147. The highest BCUT2D eigenvalue weighted by atomic mass is 16.6. The Morgan fingerprint density at radius 2 is 1.56 bits per heavy atom. The number of esters is 2. The summed E-state index contributed by atoms with van der Waals surface area (Å²) < 4.78 is 9.40. The monoisotopic (exact) mass is 443 g/mol. The number of nitrogens with zero attached hydrogens (tertiary/aromatic N) is 1. The van der Waals surface area contributed by atoms with Gasteiger partial charge in [0.2, 0.25) is 5.91 Å². The number of hydrogen-bond donors (Lipinski definition) is 2. The van der Waals surface area contributed by atoms with Gasteiger partial charge in [-0.3, -0.25) is 24.5 Å². The second-order valence-corrected chi connectivity index (χ2v) is 6.58. The number of methoxy groups -OCH3 is 1. The Kier molecular flexibility index (Phi) is 8.40. The van der Waals surface area contributed by atoms with E-state index in [2.05, 4.69) is 15.4 Å². The molecule has 0 spiro atoms. The molecule has 2 aromatic carbocycles. The van der Waals surface area contributed by atoms with Gasteiger partial charge in [-0.2, -0.15) is 0 Å². The first-order valence-electron chi connectivity index (χ1n) is 9.38. The maximum Gasteiger partial charge on any atom is 0.337 e. The van der Waals surface area contributed by atoms with Crippen molar-refractivity contribution in [3.63, 3.8) is 0 Å². The van der Waals surface area contributed by atoms with Gasteiger partial charge in [0.15, 0.2) is 6.61 Å². The number of aryl methyl sites for hydroxylation is 1. The molecule has 0 aliphatic carbocycles. The Morgan fingerprint density at radius 1 is 0.938 bits per heavy atom. The zero-order chi connectivity index (χ0) is 23.7. The minimum Gasteiger partial charge on any atom is -0.465 e. The van der Waals surface area contributed by atoms with E-state index < -0.39 is 35.3 Å². The largest absolute Gasteiger partial charge is 0.465 e. The molecule has 0 aliphatic rings. The van der Waals surface area contributed by atoms with E-state index in [1.807, 2.05) is 0 Å². The maximum absolute atomic E-state index is 11.9. The molecule has 0 aliphatic heterocycles. The van der Waals surface area contributed by atoms with Gasteiger partial charge in [0.1, 0.15) is 0 Å². The summed E-state index contributed by atoms with van der Waals surface area (Å²) in [5.41, 5.74) is 1.25. The summed E-state index contributed by atoms with van der Waals surface area (Å²) >= 11 is 0. The molecule has 168 valence electrons. The van der Waals surface area contributed by atoms with Gasteiger partial charge in [0.05, 0.1) is 24.0 Å². The van der Waals surface area contributed by atoms with Crippen LogP contribution in [0.4, 0.5) is 17.1 Å². The van der Waals surface area contributed by atoms with E-state index in [1.165, 1.54) is 49.6 Å². The molecule has 0 saturated carbocycles. The first kappa shape index (κ1) is 24.0. The summed E-state index contributed by atoms with van der Waals surface area (Å²) in [5, 5.41) is 15.9. The van der Waals surface area contributed by atoms with Gasteiger partial charge in [0, 0.05) is 29.4 Å². The van der Waals surface area contributed by atoms with Gasteiger partial charge in [-0.15, -0.1) is 0 Å². The maximum atomic E-state index is 11.9. The average Bonchev–Trinajstić information content (AvgIpc) is 2.77. The highest BCUT2D eigenvalue weighted by molar-refractivity contribution is 5.95. The van der Waals surface area contributed by atoms with Gasteiger partial charge in [-0.05, 0) is 37.3 Å². The third-order valence-electron chi connectivity index (χ3n) is 4.20. The second kappa shape index (κ2) is 11.2. The number of benzene rings is 2. The van der Waals surface area contributed by atoms with Crippen LogP contribution in [-0.2, 0) is 23.9 Å². The summed E-state index contributed by atoms with van der Waals surface area (Å²) in [7, 11) is 1.26. The number of nitro benzene ring substituents is 1. The van der Waals surface area contributed by atoms with Crippen LogP contribution >= 0.6 is 0 Å². The van der Waals surface area contributed by atoms with Crippen LogP contribution in [0.1, 0.15) is 28.8 Å². The van der Waals surface area contributed by atoms with Gasteiger partial charge in [-0.1, -0.05) is 6.07 Å². The highest BCUT2D eigenvalue weighted by Gasteiger charge is 2.14. The Morgan fingerprint density at radius 3 is 2.19 bits per heavy atom.